The van der Waals surface area contributed by atoms with E-state index in [1.807, 2.05) is 43.3 Å². The molecule has 1 aromatic heterocycles. The van der Waals surface area contributed by atoms with Crippen LogP contribution in [0.3, 0.4) is 0 Å². The van der Waals surface area contributed by atoms with Crippen LogP contribution < -0.4 is 14.2 Å². The van der Waals surface area contributed by atoms with Crippen LogP contribution >= 0.6 is 0 Å². The minimum absolute atomic E-state index is 0.442. The van der Waals surface area contributed by atoms with Gasteiger partial charge in [0.2, 0.25) is 5.75 Å². The van der Waals surface area contributed by atoms with Crippen LogP contribution in [0.15, 0.2) is 47.1 Å². The number of aliphatic hydroxyl groups is 1. The van der Waals surface area contributed by atoms with E-state index in [1.54, 1.807) is 20.5 Å². The van der Waals surface area contributed by atoms with Crippen molar-refractivity contribution in [1.82, 2.24) is 4.90 Å². The van der Waals surface area contributed by atoms with E-state index in [-0.39, 0.29) is 0 Å². The molecule has 3 rings (SSSR count). The minimum atomic E-state index is -0.785. The Hall–Kier alpha value is -2.70. The summed E-state index contributed by atoms with van der Waals surface area (Å²) >= 11 is 0. The third-order valence-electron chi connectivity index (χ3n) is 4.89. The normalized spacial score (nSPS) is 12.3. The van der Waals surface area contributed by atoms with E-state index >= 15 is 0 Å². The molecule has 0 saturated heterocycles. The van der Waals surface area contributed by atoms with E-state index < -0.39 is 6.10 Å². The lowest BCUT2D eigenvalue weighted by molar-refractivity contribution is 0.155. The molecule has 1 atom stereocenters. The summed E-state index contributed by atoms with van der Waals surface area (Å²) in [5.41, 5.74) is 2.30. The topological polar surface area (TPSA) is 64.3 Å². The summed E-state index contributed by atoms with van der Waals surface area (Å²) < 4.78 is 23.1. The molecule has 6 nitrogen and oxygen atoms in total. The molecular formula is C23H29NO5. The number of methoxy groups -OCH3 is 2. The first-order chi connectivity index (χ1) is 14.1. The number of furan rings is 1. The second-order valence-electron chi connectivity index (χ2n) is 7.16. The molecule has 0 radical (unpaired) electrons. The Labute approximate surface area is 171 Å². The van der Waals surface area contributed by atoms with Gasteiger partial charge in [0.1, 0.15) is 12.4 Å². The molecule has 1 heterocycles. The molecule has 3 aromatic rings. The Kier molecular flexibility index (Phi) is 7.01. The van der Waals surface area contributed by atoms with Gasteiger partial charge in [0.25, 0.3) is 0 Å². The van der Waals surface area contributed by atoms with Crippen LogP contribution in [0.5, 0.6) is 17.2 Å². The van der Waals surface area contributed by atoms with E-state index in [1.165, 1.54) is 0 Å². The van der Waals surface area contributed by atoms with Crippen molar-refractivity contribution in [2.75, 3.05) is 41.5 Å². The molecule has 0 spiro atoms. The van der Waals surface area contributed by atoms with Crippen LogP contribution in [0.4, 0.5) is 0 Å². The summed E-state index contributed by atoms with van der Waals surface area (Å²) in [6.07, 6.45) is 2.05. The van der Waals surface area contributed by atoms with Crippen molar-refractivity contribution in [1.29, 1.82) is 0 Å². The molecule has 1 unspecified atom stereocenters. The van der Waals surface area contributed by atoms with Crippen LogP contribution in [0.2, 0.25) is 0 Å². The first-order valence-electron chi connectivity index (χ1n) is 9.71. The number of rotatable bonds is 10. The maximum Gasteiger partial charge on any atom is 0.205 e. The standard InChI is InChI=1S/C23H29NO5/c1-24(2)13-15-29-22-19(18(25)11-10-16-8-6-5-7-9-16)20(26-3)17-12-14-28-21(17)23(22)27-4/h5-9,12,14,18,25H,10-11,13,15H2,1-4H3. The maximum absolute atomic E-state index is 11.1. The van der Waals surface area contributed by atoms with E-state index in [0.29, 0.717) is 41.4 Å². The number of hydrogen-bond acceptors (Lipinski definition) is 6. The SMILES string of the molecule is COc1c(C(O)CCc2ccccc2)c(OCCN(C)C)c(OC)c2occc12. The number of nitrogens with zero attached hydrogens (tertiary/aromatic N) is 1. The second kappa shape index (κ2) is 9.67. The number of benzene rings is 2. The molecule has 0 aliphatic heterocycles. The van der Waals surface area contributed by atoms with Crippen molar-refractivity contribution in [2.24, 2.45) is 0 Å². The zero-order valence-electron chi connectivity index (χ0n) is 17.5. The van der Waals surface area contributed by atoms with Gasteiger partial charge in [0.15, 0.2) is 11.3 Å². The van der Waals surface area contributed by atoms with Crippen molar-refractivity contribution in [3.63, 3.8) is 0 Å². The van der Waals surface area contributed by atoms with Gasteiger partial charge in [-0.15, -0.1) is 0 Å². The van der Waals surface area contributed by atoms with Crippen LogP contribution in [0.25, 0.3) is 11.0 Å². The number of likely N-dealkylation sites (N-methyl/N-ethyl adjacent to an activating group) is 1. The van der Waals surface area contributed by atoms with Gasteiger partial charge in [0, 0.05) is 6.54 Å². The largest absolute Gasteiger partial charge is 0.495 e. The molecule has 0 amide bonds. The molecule has 1 N–H and O–H groups in total. The summed E-state index contributed by atoms with van der Waals surface area (Å²) in [5, 5.41) is 11.9. The lowest BCUT2D eigenvalue weighted by Crippen LogP contribution is -2.20. The van der Waals surface area contributed by atoms with Crippen LogP contribution in [-0.2, 0) is 6.42 Å². The highest BCUT2D eigenvalue weighted by Gasteiger charge is 2.28. The van der Waals surface area contributed by atoms with Crippen LogP contribution in [0.1, 0.15) is 23.7 Å². The fraction of sp³-hybridized carbons (Fsp3) is 0.391. The molecule has 156 valence electrons. The van der Waals surface area contributed by atoms with Gasteiger partial charge in [0.05, 0.1) is 37.5 Å². The van der Waals surface area contributed by atoms with Crippen molar-refractivity contribution in [3.05, 3.63) is 53.8 Å². The molecule has 0 aliphatic carbocycles. The summed E-state index contributed by atoms with van der Waals surface area (Å²) in [6, 6.07) is 11.9. The average Bonchev–Trinajstić information content (AvgIpc) is 3.20. The van der Waals surface area contributed by atoms with E-state index in [2.05, 4.69) is 12.1 Å². The minimum Gasteiger partial charge on any atom is -0.495 e. The zero-order valence-corrected chi connectivity index (χ0v) is 17.5. The van der Waals surface area contributed by atoms with E-state index in [4.69, 9.17) is 18.6 Å². The third kappa shape index (κ3) is 4.66. The summed E-state index contributed by atoms with van der Waals surface area (Å²) in [4.78, 5) is 2.03. The van der Waals surface area contributed by atoms with E-state index in [9.17, 15) is 5.11 Å². The smallest absolute Gasteiger partial charge is 0.205 e. The monoisotopic (exact) mass is 399 g/mol. The summed E-state index contributed by atoms with van der Waals surface area (Å²) in [5.74, 6) is 1.49. The Morgan fingerprint density at radius 2 is 1.72 bits per heavy atom. The van der Waals surface area contributed by atoms with Gasteiger partial charge in [-0.3, -0.25) is 0 Å². The zero-order chi connectivity index (χ0) is 20.8. The van der Waals surface area contributed by atoms with Gasteiger partial charge >= 0.3 is 0 Å². The van der Waals surface area contributed by atoms with Crippen LogP contribution in [-0.4, -0.2) is 51.5 Å². The number of aryl methyl sites for hydroxylation is 1. The summed E-state index contributed by atoms with van der Waals surface area (Å²) in [6.45, 7) is 1.17. The number of fused-ring (bicyclic) bond motifs is 1. The van der Waals surface area contributed by atoms with Gasteiger partial charge < -0.3 is 28.6 Å². The third-order valence-corrected chi connectivity index (χ3v) is 4.89. The van der Waals surface area contributed by atoms with Gasteiger partial charge in [-0.05, 0) is 38.6 Å². The highest BCUT2D eigenvalue weighted by Crippen LogP contribution is 2.49. The first-order valence-corrected chi connectivity index (χ1v) is 9.71. The van der Waals surface area contributed by atoms with E-state index in [0.717, 1.165) is 23.9 Å². The Morgan fingerprint density at radius 1 is 1.00 bits per heavy atom. The van der Waals surface area contributed by atoms with Gasteiger partial charge in [-0.1, -0.05) is 30.3 Å². The molecule has 0 saturated carbocycles. The first kappa shape index (κ1) is 21.0. The maximum atomic E-state index is 11.1. The predicted octanol–water partition coefficient (Wildman–Crippen LogP) is 4.06. The van der Waals surface area contributed by atoms with Crippen molar-refractivity contribution < 1.29 is 23.7 Å². The predicted molar refractivity (Wildman–Crippen MR) is 113 cm³/mol. The highest BCUT2D eigenvalue weighted by molar-refractivity contribution is 5.93. The quantitative estimate of drug-likeness (QED) is 0.555. The Morgan fingerprint density at radius 3 is 2.38 bits per heavy atom. The van der Waals surface area contributed by atoms with Gasteiger partial charge in [-0.25, -0.2) is 0 Å². The lowest BCUT2D eigenvalue weighted by atomic mass is 9.97. The molecule has 29 heavy (non-hydrogen) atoms. The fourth-order valence-electron chi connectivity index (χ4n) is 3.41. The molecule has 6 heteroatoms. The Balaban J connectivity index is 2.01. The van der Waals surface area contributed by atoms with Gasteiger partial charge in [-0.2, -0.15) is 0 Å². The molecule has 0 fully saturated rings. The van der Waals surface area contributed by atoms with Crippen molar-refractivity contribution >= 4 is 11.0 Å². The second-order valence-corrected chi connectivity index (χ2v) is 7.16. The lowest BCUT2D eigenvalue weighted by Gasteiger charge is -2.22. The number of ether oxygens (including phenoxy) is 3. The molecule has 0 bridgehead atoms. The van der Waals surface area contributed by atoms with Crippen molar-refractivity contribution in [2.45, 2.75) is 18.9 Å². The van der Waals surface area contributed by atoms with Crippen molar-refractivity contribution in [3.8, 4) is 17.2 Å². The number of hydrogen-bond donors (Lipinski definition) is 1. The molecule has 2 aromatic carbocycles. The molecule has 0 aliphatic rings. The molecular weight excluding hydrogens is 370 g/mol. The fourth-order valence-corrected chi connectivity index (χ4v) is 3.41. The summed E-state index contributed by atoms with van der Waals surface area (Å²) in [7, 11) is 7.12. The van der Waals surface area contributed by atoms with Crippen LogP contribution in [0, 0.1) is 0 Å². The average molecular weight is 399 g/mol. The Bertz CT molecular complexity index is 920. The number of aliphatic hydroxyl groups excluding tert-OH is 1. The highest BCUT2D eigenvalue weighted by atomic mass is 16.5.